The Morgan fingerprint density at radius 3 is 2.55 bits per heavy atom. The van der Waals surface area contributed by atoms with Gasteiger partial charge >= 0.3 is 0 Å². The van der Waals surface area contributed by atoms with Gasteiger partial charge in [-0.1, -0.05) is 12.1 Å². The molecule has 1 aromatic carbocycles. The van der Waals surface area contributed by atoms with E-state index in [1.807, 2.05) is 11.0 Å². The summed E-state index contributed by atoms with van der Waals surface area (Å²) in [6.45, 7) is 6.46. The minimum atomic E-state index is -3.54. The molecule has 1 aliphatic rings. The highest BCUT2D eigenvalue weighted by atomic mass is 32.2. The molecule has 2 N–H and O–H groups in total. The Labute approximate surface area is 120 Å². The van der Waals surface area contributed by atoms with E-state index in [1.54, 1.807) is 39.0 Å². The molecule has 5 nitrogen and oxygen atoms in total. The first kappa shape index (κ1) is 15.3. The average molecular weight is 298 g/mol. The van der Waals surface area contributed by atoms with Gasteiger partial charge in [-0.2, -0.15) is 0 Å². The van der Waals surface area contributed by atoms with Crippen molar-refractivity contribution < 1.29 is 13.5 Å². The van der Waals surface area contributed by atoms with Crippen molar-refractivity contribution in [3.63, 3.8) is 0 Å². The molecule has 0 radical (unpaired) electrons. The van der Waals surface area contributed by atoms with Gasteiger partial charge in [0.05, 0.1) is 11.3 Å². The molecule has 1 aliphatic heterocycles. The molecule has 1 atom stereocenters. The molecular formula is C14H22N2O3S. The van der Waals surface area contributed by atoms with Crippen LogP contribution in [-0.4, -0.2) is 38.3 Å². The van der Waals surface area contributed by atoms with Gasteiger partial charge in [0.2, 0.25) is 10.0 Å². The molecule has 0 bridgehead atoms. The number of anilines is 1. The van der Waals surface area contributed by atoms with Gasteiger partial charge in [0, 0.05) is 19.1 Å². The highest BCUT2D eigenvalue weighted by Gasteiger charge is 2.33. The second kappa shape index (κ2) is 5.35. The standard InChI is InChI=1S/C14H22N2O3S/c1-11(2)15-20(18,19)13-7-5-4-6-12(13)16-9-8-14(3,17)10-16/h4-7,11,15,17H,8-10H2,1-3H3. The van der Waals surface area contributed by atoms with Crippen molar-refractivity contribution in [1.82, 2.24) is 4.72 Å². The average Bonchev–Trinajstić information content (AvgIpc) is 2.68. The van der Waals surface area contributed by atoms with Gasteiger partial charge in [0.1, 0.15) is 4.90 Å². The summed E-state index contributed by atoms with van der Waals surface area (Å²) >= 11 is 0. The summed E-state index contributed by atoms with van der Waals surface area (Å²) in [6.07, 6.45) is 0.638. The molecule has 112 valence electrons. The molecule has 0 spiro atoms. The molecule has 1 aromatic rings. The molecule has 6 heteroatoms. The Morgan fingerprint density at radius 1 is 1.35 bits per heavy atom. The number of rotatable bonds is 4. The lowest BCUT2D eigenvalue weighted by molar-refractivity contribution is 0.0839. The minimum Gasteiger partial charge on any atom is -0.388 e. The van der Waals surface area contributed by atoms with Crippen molar-refractivity contribution in [2.75, 3.05) is 18.0 Å². The lowest BCUT2D eigenvalue weighted by atomic mass is 10.1. The minimum absolute atomic E-state index is 0.158. The Kier molecular flexibility index (Phi) is 4.09. The number of aliphatic hydroxyl groups is 1. The van der Waals surface area contributed by atoms with E-state index in [-0.39, 0.29) is 10.9 Å². The van der Waals surface area contributed by atoms with Crippen LogP contribution in [0, 0.1) is 0 Å². The quantitative estimate of drug-likeness (QED) is 0.880. The smallest absolute Gasteiger partial charge is 0.242 e. The zero-order chi connectivity index (χ0) is 15.0. The van der Waals surface area contributed by atoms with Gasteiger partial charge in [-0.15, -0.1) is 0 Å². The van der Waals surface area contributed by atoms with E-state index >= 15 is 0 Å². The van der Waals surface area contributed by atoms with Crippen molar-refractivity contribution in [3.8, 4) is 0 Å². The van der Waals surface area contributed by atoms with Crippen LogP contribution < -0.4 is 9.62 Å². The third-order valence-corrected chi connectivity index (χ3v) is 5.04. The largest absolute Gasteiger partial charge is 0.388 e. The first-order chi connectivity index (χ1) is 9.21. The van der Waals surface area contributed by atoms with Crippen LogP contribution in [0.1, 0.15) is 27.2 Å². The van der Waals surface area contributed by atoms with Crippen LogP contribution >= 0.6 is 0 Å². The van der Waals surface area contributed by atoms with Crippen molar-refractivity contribution in [2.24, 2.45) is 0 Å². The summed E-state index contributed by atoms with van der Waals surface area (Å²) < 4.78 is 27.4. The zero-order valence-corrected chi connectivity index (χ0v) is 12.9. The highest BCUT2D eigenvalue weighted by Crippen LogP contribution is 2.31. The van der Waals surface area contributed by atoms with Crippen LogP contribution in [0.5, 0.6) is 0 Å². The number of hydrogen-bond acceptors (Lipinski definition) is 4. The Hall–Kier alpha value is -1.11. The molecule has 0 amide bonds. The highest BCUT2D eigenvalue weighted by molar-refractivity contribution is 7.89. The van der Waals surface area contributed by atoms with E-state index in [4.69, 9.17) is 0 Å². The number of nitrogens with one attached hydrogen (secondary N) is 1. The first-order valence-corrected chi connectivity index (χ1v) is 8.28. The normalized spacial score (nSPS) is 23.6. The molecule has 0 saturated carbocycles. The SMILES string of the molecule is CC(C)NS(=O)(=O)c1ccccc1N1CCC(C)(O)C1. The van der Waals surface area contributed by atoms with Crippen LogP contribution in [0.2, 0.25) is 0 Å². The van der Waals surface area contributed by atoms with Crippen LogP contribution in [0.4, 0.5) is 5.69 Å². The van der Waals surface area contributed by atoms with Crippen molar-refractivity contribution in [3.05, 3.63) is 24.3 Å². The van der Waals surface area contributed by atoms with Gasteiger partial charge in [-0.05, 0) is 39.3 Å². The van der Waals surface area contributed by atoms with Crippen LogP contribution in [-0.2, 0) is 10.0 Å². The van der Waals surface area contributed by atoms with E-state index in [2.05, 4.69) is 4.72 Å². The van der Waals surface area contributed by atoms with Crippen LogP contribution in [0.15, 0.2) is 29.2 Å². The number of benzene rings is 1. The van der Waals surface area contributed by atoms with Gasteiger partial charge in [-0.25, -0.2) is 13.1 Å². The monoisotopic (exact) mass is 298 g/mol. The number of para-hydroxylation sites is 1. The Morgan fingerprint density at radius 2 is 2.00 bits per heavy atom. The predicted octanol–water partition coefficient (Wildman–Crippen LogP) is 1.33. The van der Waals surface area contributed by atoms with E-state index in [1.165, 1.54) is 0 Å². The van der Waals surface area contributed by atoms with Crippen molar-refractivity contribution >= 4 is 15.7 Å². The third-order valence-electron chi connectivity index (χ3n) is 3.34. The van der Waals surface area contributed by atoms with Gasteiger partial charge in [0.15, 0.2) is 0 Å². The van der Waals surface area contributed by atoms with E-state index in [0.717, 1.165) is 0 Å². The summed E-state index contributed by atoms with van der Waals surface area (Å²) in [5.41, 5.74) is -0.110. The maximum atomic E-state index is 12.4. The fourth-order valence-electron chi connectivity index (χ4n) is 2.47. The molecule has 0 aromatic heterocycles. The Balaban J connectivity index is 2.37. The second-order valence-corrected chi connectivity index (χ2v) is 7.59. The molecule has 20 heavy (non-hydrogen) atoms. The molecular weight excluding hydrogens is 276 g/mol. The summed E-state index contributed by atoms with van der Waals surface area (Å²) in [5.74, 6) is 0. The fourth-order valence-corrected chi connectivity index (χ4v) is 3.95. The van der Waals surface area contributed by atoms with E-state index < -0.39 is 15.6 Å². The van der Waals surface area contributed by atoms with E-state index in [0.29, 0.717) is 25.2 Å². The molecule has 1 heterocycles. The fraction of sp³-hybridized carbons (Fsp3) is 0.571. The maximum absolute atomic E-state index is 12.4. The van der Waals surface area contributed by atoms with Crippen molar-refractivity contribution in [1.29, 1.82) is 0 Å². The topological polar surface area (TPSA) is 69.6 Å². The lowest BCUT2D eigenvalue weighted by Gasteiger charge is -2.23. The first-order valence-electron chi connectivity index (χ1n) is 6.80. The molecule has 1 unspecified atom stereocenters. The Bertz CT molecular complexity index is 582. The summed E-state index contributed by atoms with van der Waals surface area (Å²) in [4.78, 5) is 2.20. The van der Waals surface area contributed by atoms with Crippen LogP contribution in [0.3, 0.4) is 0 Å². The zero-order valence-electron chi connectivity index (χ0n) is 12.1. The maximum Gasteiger partial charge on any atom is 0.242 e. The number of hydrogen-bond donors (Lipinski definition) is 2. The number of nitrogens with zero attached hydrogens (tertiary/aromatic N) is 1. The van der Waals surface area contributed by atoms with Gasteiger partial charge in [-0.3, -0.25) is 0 Å². The van der Waals surface area contributed by atoms with Gasteiger partial charge in [0.25, 0.3) is 0 Å². The second-order valence-electron chi connectivity index (χ2n) is 5.91. The van der Waals surface area contributed by atoms with Crippen molar-refractivity contribution in [2.45, 2.75) is 43.7 Å². The number of sulfonamides is 1. The predicted molar refractivity (Wildman–Crippen MR) is 79.4 cm³/mol. The summed E-state index contributed by atoms with van der Waals surface area (Å²) in [7, 11) is -3.54. The number of β-amino-alcohol motifs (C(OH)–C–C–N with tert-alkyl or cyclic N) is 1. The third kappa shape index (κ3) is 3.31. The molecule has 2 rings (SSSR count). The molecule has 0 aliphatic carbocycles. The lowest BCUT2D eigenvalue weighted by Crippen LogP contribution is -2.33. The van der Waals surface area contributed by atoms with E-state index in [9.17, 15) is 13.5 Å². The summed E-state index contributed by atoms with van der Waals surface area (Å²) in [6, 6.07) is 6.77. The van der Waals surface area contributed by atoms with Gasteiger partial charge < -0.3 is 10.0 Å². The molecule has 1 saturated heterocycles. The van der Waals surface area contributed by atoms with Crippen LogP contribution in [0.25, 0.3) is 0 Å². The summed E-state index contributed by atoms with van der Waals surface area (Å²) in [5, 5.41) is 10.1. The molecule has 1 fully saturated rings.